The zero-order valence-corrected chi connectivity index (χ0v) is 11.2. The molecule has 0 amide bonds. The molecule has 0 aliphatic heterocycles. The summed E-state index contributed by atoms with van der Waals surface area (Å²) in [6, 6.07) is 0. The highest BCUT2D eigenvalue weighted by molar-refractivity contribution is 6.31. The van der Waals surface area contributed by atoms with E-state index in [0.29, 0.717) is 13.1 Å². The maximum atomic E-state index is 9.96. The van der Waals surface area contributed by atoms with E-state index in [0.717, 1.165) is 42.1 Å². The maximum absolute atomic E-state index is 9.96. The van der Waals surface area contributed by atoms with Crippen LogP contribution >= 0.6 is 11.6 Å². The second-order valence-corrected chi connectivity index (χ2v) is 5.24. The maximum Gasteiger partial charge on any atom is 0.0863 e. The van der Waals surface area contributed by atoms with Gasteiger partial charge < -0.3 is 10.4 Å². The van der Waals surface area contributed by atoms with Crippen molar-refractivity contribution in [1.82, 2.24) is 15.1 Å². The molecule has 0 aromatic carbocycles. The normalized spacial score (nSPS) is 18.1. The van der Waals surface area contributed by atoms with Gasteiger partial charge in [-0.05, 0) is 25.7 Å². The molecule has 2 rings (SSSR count). The SMILES string of the molecule is CCc1nn(C)c(CNCC2(O)CCC2)c1Cl. The minimum absolute atomic E-state index is 0.487. The Morgan fingerprint density at radius 3 is 2.71 bits per heavy atom. The van der Waals surface area contributed by atoms with Crippen LogP contribution < -0.4 is 5.32 Å². The molecule has 1 saturated carbocycles. The number of halogens is 1. The summed E-state index contributed by atoms with van der Waals surface area (Å²) in [6.07, 6.45) is 3.78. The molecule has 1 heterocycles. The number of aliphatic hydroxyl groups is 1. The molecule has 1 aliphatic carbocycles. The molecule has 4 nitrogen and oxygen atoms in total. The minimum atomic E-state index is -0.487. The highest BCUT2D eigenvalue weighted by Crippen LogP contribution is 2.30. The van der Waals surface area contributed by atoms with E-state index < -0.39 is 5.60 Å². The van der Waals surface area contributed by atoms with E-state index in [-0.39, 0.29) is 0 Å². The third kappa shape index (κ3) is 2.64. The average molecular weight is 258 g/mol. The molecule has 0 spiro atoms. The lowest BCUT2D eigenvalue weighted by Crippen LogP contribution is -2.46. The van der Waals surface area contributed by atoms with E-state index in [4.69, 9.17) is 11.6 Å². The molecule has 1 aromatic heterocycles. The molecule has 0 atom stereocenters. The van der Waals surface area contributed by atoms with Crippen LogP contribution in [0, 0.1) is 0 Å². The van der Waals surface area contributed by atoms with Crippen LogP contribution in [0.3, 0.4) is 0 Å². The number of rotatable bonds is 5. The van der Waals surface area contributed by atoms with Gasteiger partial charge in [-0.3, -0.25) is 4.68 Å². The lowest BCUT2D eigenvalue weighted by molar-refractivity contribution is -0.0315. The molecule has 5 heteroatoms. The van der Waals surface area contributed by atoms with Gasteiger partial charge in [-0.15, -0.1) is 0 Å². The Bertz CT molecular complexity index is 399. The zero-order chi connectivity index (χ0) is 12.5. The fourth-order valence-electron chi connectivity index (χ4n) is 2.19. The summed E-state index contributed by atoms with van der Waals surface area (Å²) < 4.78 is 1.82. The van der Waals surface area contributed by atoms with Crippen LogP contribution in [-0.4, -0.2) is 27.0 Å². The van der Waals surface area contributed by atoms with E-state index in [2.05, 4.69) is 10.4 Å². The molecular weight excluding hydrogens is 238 g/mol. The Balaban J connectivity index is 1.92. The predicted molar refractivity (Wildman–Crippen MR) is 68.1 cm³/mol. The van der Waals surface area contributed by atoms with Crippen LogP contribution in [-0.2, 0) is 20.0 Å². The van der Waals surface area contributed by atoms with Crippen LogP contribution in [0.5, 0.6) is 0 Å². The first-order valence-corrected chi connectivity index (χ1v) is 6.57. The summed E-state index contributed by atoms with van der Waals surface area (Å²) in [7, 11) is 1.90. The predicted octanol–water partition coefficient (Wildman–Crippen LogP) is 1.64. The summed E-state index contributed by atoms with van der Waals surface area (Å²) in [5, 5.41) is 18.3. The van der Waals surface area contributed by atoms with Gasteiger partial charge in [-0.25, -0.2) is 0 Å². The van der Waals surface area contributed by atoms with Crippen molar-refractivity contribution in [3.8, 4) is 0 Å². The molecule has 2 N–H and O–H groups in total. The first-order chi connectivity index (χ1) is 8.06. The molecule has 0 bridgehead atoms. The summed E-state index contributed by atoms with van der Waals surface area (Å²) >= 11 is 6.24. The number of nitrogens with one attached hydrogen (secondary N) is 1. The molecule has 1 fully saturated rings. The van der Waals surface area contributed by atoms with Crippen molar-refractivity contribution in [1.29, 1.82) is 0 Å². The van der Waals surface area contributed by atoms with Crippen molar-refractivity contribution in [2.75, 3.05) is 6.54 Å². The largest absolute Gasteiger partial charge is 0.389 e. The fraction of sp³-hybridized carbons (Fsp3) is 0.750. The van der Waals surface area contributed by atoms with E-state index in [1.165, 1.54) is 0 Å². The quantitative estimate of drug-likeness (QED) is 0.843. The van der Waals surface area contributed by atoms with Gasteiger partial charge in [0.15, 0.2) is 0 Å². The van der Waals surface area contributed by atoms with Gasteiger partial charge in [0, 0.05) is 20.1 Å². The number of aromatic nitrogens is 2. The van der Waals surface area contributed by atoms with Gasteiger partial charge >= 0.3 is 0 Å². The van der Waals surface area contributed by atoms with Crippen LogP contribution in [0.2, 0.25) is 5.02 Å². The molecule has 96 valence electrons. The van der Waals surface area contributed by atoms with Crippen molar-refractivity contribution < 1.29 is 5.11 Å². The lowest BCUT2D eigenvalue weighted by Gasteiger charge is -2.36. The lowest BCUT2D eigenvalue weighted by atomic mass is 9.80. The van der Waals surface area contributed by atoms with Crippen LogP contribution in [0.4, 0.5) is 0 Å². The van der Waals surface area contributed by atoms with Crippen LogP contribution in [0.1, 0.15) is 37.6 Å². The highest BCUT2D eigenvalue weighted by atomic mass is 35.5. The van der Waals surface area contributed by atoms with Crippen molar-refractivity contribution >= 4 is 11.6 Å². The molecule has 0 saturated heterocycles. The van der Waals surface area contributed by atoms with Crippen LogP contribution in [0.25, 0.3) is 0 Å². The Labute approximate surface area is 107 Å². The summed E-state index contributed by atoms with van der Waals surface area (Å²) in [4.78, 5) is 0. The Hall–Kier alpha value is -0.580. The van der Waals surface area contributed by atoms with Gasteiger partial charge in [-0.2, -0.15) is 5.10 Å². The van der Waals surface area contributed by atoms with Crippen molar-refractivity contribution in [2.24, 2.45) is 7.05 Å². The van der Waals surface area contributed by atoms with Crippen LogP contribution in [0.15, 0.2) is 0 Å². The third-order valence-corrected chi connectivity index (χ3v) is 3.97. The average Bonchev–Trinajstić information content (AvgIpc) is 2.53. The van der Waals surface area contributed by atoms with E-state index >= 15 is 0 Å². The smallest absolute Gasteiger partial charge is 0.0863 e. The number of nitrogens with zero attached hydrogens (tertiary/aromatic N) is 2. The zero-order valence-electron chi connectivity index (χ0n) is 10.5. The second-order valence-electron chi connectivity index (χ2n) is 4.87. The van der Waals surface area contributed by atoms with Gasteiger partial charge in [0.05, 0.1) is 22.0 Å². The van der Waals surface area contributed by atoms with Crippen molar-refractivity contribution in [3.63, 3.8) is 0 Å². The molecular formula is C12H20ClN3O. The summed E-state index contributed by atoms with van der Waals surface area (Å²) in [6.45, 7) is 3.34. The molecule has 1 aliphatic rings. The molecule has 1 aromatic rings. The monoisotopic (exact) mass is 257 g/mol. The summed E-state index contributed by atoms with van der Waals surface area (Å²) in [5.74, 6) is 0. The number of aryl methyl sites for hydroxylation is 2. The number of hydrogen-bond donors (Lipinski definition) is 2. The second kappa shape index (κ2) is 4.96. The van der Waals surface area contributed by atoms with Gasteiger partial charge in [0.2, 0.25) is 0 Å². The topological polar surface area (TPSA) is 50.1 Å². The van der Waals surface area contributed by atoms with Crippen molar-refractivity contribution in [2.45, 2.75) is 44.8 Å². The van der Waals surface area contributed by atoms with E-state index in [1.807, 2.05) is 18.7 Å². The van der Waals surface area contributed by atoms with Gasteiger partial charge in [-0.1, -0.05) is 18.5 Å². The standard InChI is InChI=1S/C12H20ClN3O/c1-3-9-11(13)10(16(2)15-9)7-14-8-12(17)5-4-6-12/h14,17H,3-8H2,1-2H3. The minimum Gasteiger partial charge on any atom is -0.389 e. The number of hydrogen-bond acceptors (Lipinski definition) is 3. The highest BCUT2D eigenvalue weighted by Gasteiger charge is 2.33. The molecule has 0 radical (unpaired) electrons. The molecule has 0 unspecified atom stereocenters. The van der Waals surface area contributed by atoms with Crippen molar-refractivity contribution in [3.05, 3.63) is 16.4 Å². The molecule has 17 heavy (non-hydrogen) atoms. The van der Waals surface area contributed by atoms with E-state index in [1.54, 1.807) is 0 Å². The first kappa shape index (κ1) is 12.9. The Kier molecular flexibility index (Phi) is 3.76. The summed E-state index contributed by atoms with van der Waals surface area (Å²) in [5.41, 5.74) is 1.44. The third-order valence-electron chi connectivity index (χ3n) is 3.53. The van der Waals surface area contributed by atoms with Gasteiger partial charge in [0.1, 0.15) is 0 Å². The Morgan fingerprint density at radius 2 is 2.24 bits per heavy atom. The Morgan fingerprint density at radius 1 is 1.53 bits per heavy atom. The fourth-order valence-corrected chi connectivity index (χ4v) is 2.55. The van der Waals surface area contributed by atoms with E-state index in [9.17, 15) is 5.11 Å². The first-order valence-electron chi connectivity index (χ1n) is 6.19. The van der Waals surface area contributed by atoms with Gasteiger partial charge in [0.25, 0.3) is 0 Å².